The van der Waals surface area contributed by atoms with Crippen LogP contribution in [0.3, 0.4) is 0 Å². The molecule has 1 heterocycles. The second-order valence-corrected chi connectivity index (χ2v) is 13.0. The van der Waals surface area contributed by atoms with Crippen molar-refractivity contribution in [3.05, 3.63) is 18.0 Å². The molecular formula is C29H40F8N4O3. The molecule has 0 aliphatic heterocycles. The molecule has 1 aromatic heterocycles. The van der Waals surface area contributed by atoms with Crippen LogP contribution in [0.1, 0.15) is 64.2 Å². The topological polar surface area (TPSA) is 100 Å². The van der Waals surface area contributed by atoms with Crippen molar-refractivity contribution in [3.8, 4) is 0 Å². The Morgan fingerprint density at radius 1 is 0.977 bits per heavy atom. The predicted octanol–water partition coefficient (Wildman–Crippen LogP) is 5.93. The minimum Gasteiger partial charge on any atom is -0.481 e. The van der Waals surface area contributed by atoms with Gasteiger partial charge in [0.1, 0.15) is 12.3 Å². The van der Waals surface area contributed by atoms with E-state index in [9.17, 15) is 45.4 Å². The molecule has 3 N–H and O–H groups in total. The van der Waals surface area contributed by atoms with Crippen molar-refractivity contribution < 1.29 is 49.8 Å². The molecule has 3 aliphatic rings. The number of nitrogens with zero attached hydrogens (tertiary/aromatic N) is 2. The van der Waals surface area contributed by atoms with Crippen molar-refractivity contribution in [2.45, 2.75) is 101 Å². The summed E-state index contributed by atoms with van der Waals surface area (Å²) in [5, 5.41) is 20.2. The van der Waals surface area contributed by atoms with Crippen molar-refractivity contribution in [1.29, 1.82) is 5.41 Å². The van der Waals surface area contributed by atoms with Gasteiger partial charge in [0.05, 0.1) is 24.2 Å². The van der Waals surface area contributed by atoms with Crippen molar-refractivity contribution in [3.63, 3.8) is 0 Å². The quantitative estimate of drug-likeness (QED) is 0.306. The summed E-state index contributed by atoms with van der Waals surface area (Å²) in [5.41, 5.74) is 0.0778. The van der Waals surface area contributed by atoms with E-state index in [0.29, 0.717) is 0 Å². The Balaban J connectivity index is 1.61. The Morgan fingerprint density at radius 3 is 2.27 bits per heavy atom. The van der Waals surface area contributed by atoms with E-state index in [0.717, 1.165) is 0 Å². The van der Waals surface area contributed by atoms with E-state index in [1.54, 1.807) is 19.4 Å². The molecule has 15 heteroatoms. The molecule has 10 atom stereocenters. The van der Waals surface area contributed by atoms with Gasteiger partial charge in [-0.05, 0) is 75.0 Å². The maximum atomic E-state index is 16.3. The number of imidazole rings is 1. The first-order valence-corrected chi connectivity index (χ1v) is 15.2. The Labute approximate surface area is 249 Å². The number of aryl methyl sites for hydroxylation is 1. The van der Waals surface area contributed by atoms with Crippen LogP contribution in [0.15, 0.2) is 12.4 Å². The highest BCUT2D eigenvalue weighted by Gasteiger charge is 2.55. The van der Waals surface area contributed by atoms with Crippen molar-refractivity contribution in [2.75, 3.05) is 0 Å². The van der Waals surface area contributed by atoms with Crippen LogP contribution in [0.5, 0.6) is 0 Å². The van der Waals surface area contributed by atoms with E-state index in [4.69, 9.17) is 5.41 Å². The van der Waals surface area contributed by atoms with E-state index in [2.05, 4.69) is 5.32 Å². The molecule has 0 spiro atoms. The summed E-state index contributed by atoms with van der Waals surface area (Å²) in [6.45, 7) is 0.107. The molecule has 1 aromatic rings. The number of alkyl halides is 8. The zero-order valence-electron chi connectivity index (χ0n) is 24.4. The molecule has 3 aliphatic carbocycles. The van der Waals surface area contributed by atoms with Gasteiger partial charge in [0.25, 0.3) is 0 Å². The van der Waals surface area contributed by atoms with Gasteiger partial charge in [-0.2, -0.15) is 26.3 Å². The van der Waals surface area contributed by atoms with Gasteiger partial charge in [0, 0.05) is 32.0 Å². The second-order valence-electron chi connectivity index (χ2n) is 13.0. The van der Waals surface area contributed by atoms with E-state index in [1.165, 1.54) is 9.13 Å². The van der Waals surface area contributed by atoms with Crippen LogP contribution in [-0.4, -0.2) is 56.9 Å². The summed E-state index contributed by atoms with van der Waals surface area (Å²) in [4.78, 5) is 25.3. The van der Waals surface area contributed by atoms with Crippen LogP contribution in [-0.2, 0) is 23.2 Å². The zero-order valence-corrected chi connectivity index (χ0v) is 24.4. The number of hydrogen-bond donors (Lipinski definition) is 3. The summed E-state index contributed by atoms with van der Waals surface area (Å²) >= 11 is 0. The fourth-order valence-corrected chi connectivity index (χ4v) is 7.90. The number of carbonyl (C=O) groups excluding carboxylic acids is 1. The summed E-state index contributed by atoms with van der Waals surface area (Å²) < 4.78 is 116. The van der Waals surface area contributed by atoms with Crippen LogP contribution in [0.25, 0.3) is 0 Å². The molecule has 0 aromatic carbocycles. The van der Waals surface area contributed by atoms with Gasteiger partial charge in [-0.25, -0.2) is 8.78 Å². The predicted molar refractivity (Wildman–Crippen MR) is 141 cm³/mol. The summed E-state index contributed by atoms with van der Waals surface area (Å²) in [6.07, 6.45) is -12.0. The summed E-state index contributed by atoms with van der Waals surface area (Å²) in [5.74, 6) is -11.5. The Morgan fingerprint density at radius 2 is 1.68 bits per heavy atom. The van der Waals surface area contributed by atoms with E-state index >= 15 is 4.39 Å². The molecule has 44 heavy (non-hydrogen) atoms. The lowest BCUT2D eigenvalue weighted by molar-refractivity contribution is -0.213. The van der Waals surface area contributed by atoms with Gasteiger partial charge < -0.3 is 19.6 Å². The van der Waals surface area contributed by atoms with Crippen LogP contribution in [0.2, 0.25) is 0 Å². The van der Waals surface area contributed by atoms with Gasteiger partial charge in [0.15, 0.2) is 0 Å². The number of hydrogen-bond acceptors (Lipinski definition) is 3. The number of rotatable bonds is 8. The number of amides is 1. The molecule has 0 radical (unpaired) electrons. The fraction of sp³-hybridized carbons (Fsp3) is 0.828. The maximum Gasteiger partial charge on any atom is 0.392 e. The third kappa shape index (κ3) is 7.96. The molecule has 1 amide bonds. The lowest BCUT2D eigenvalue weighted by Crippen LogP contribution is -2.53. The molecule has 0 saturated heterocycles. The number of carboxylic acid groups (broad SMARTS) is 1. The minimum absolute atomic E-state index is 0.0328. The van der Waals surface area contributed by atoms with Gasteiger partial charge in [-0.15, -0.1) is 0 Å². The largest absolute Gasteiger partial charge is 0.481 e. The normalized spacial score (nSPS) is 34.3. The standard InChI is InChI=1S/C29H40F8N4O3/c1-40-7-8-41(27(40)38)14-15-9-20(19-6-5-18(30)12-22(19)29(35,36)37)25(31)21(10-15)26(44)39-23(13-24(42)43)16-3-2-4-17(11-16)28(32,33)34/h7-8,15-23,25,38H,2-6,9-14H2,1H3,(H,39,44)(H,42,43)/t15?,16?,17?,18?,19?,20?,21?,22?,23-,25?/m0/s1. The van der Waals surface area contributed by atoms with Crippen LogP contribution in [0.4, 0.5) is 35.1 Å². The van der Waals surface area contributed by atoms with Crippen molar-refractivity contribution >= 4 is 11.9 Å². The molecule has 7 nitrogen and oxygen atoms in total. The second kappa shape index (κ2) is 13.4. The SMILES string of the molecule is Cn1ccn(CC2CC(C(=O)N[C@@H](CC(=O)O)C3CCCC(C(F)(F)F)C3)C(F)C(C3CCC(F)CC3C(F)(F)F)C2)c1=N. The molecule has 9 unspecified atom stereocenters. The highest BCUT2D eigenvalue weighted by molar-refractivity contribution is 5.80. The van der Waals surface area contributed by atoms with E-state index in [1.807, 2.05) is 0 Å². The van der Waals surface area contributed by atoms with E-state index in [-0.39, 0.29) is 57.1 Å². The smallest absolute Gasteiger partial charge is 0.392 e. The Kier molecular flexibility index (Phi) is 10.4. The van der Waals surface area contributed by atoms with Crippen molar-refractivity contribution in [1.82, 2.24) is 14.5 Å². The first kappa shape index (κ1) is 34.3. The lowest BCUT2D eigenvalue weighted by atomic mass is 9.62. The summed E-state index contributed by atoms with van der Waals surface area (Å²) in [6, 6.07) is -1.22. The third-order valence-corrected chi connectivity index (χ3v) is 10.1. The number of aliphatic carboxylic acids is 1. The monoisotopic (exact) mass is 644 g/mol. The first-order chi connectivity index (χ1) is 20.5. The molecular weight excluding hydrogens is 604 g/mol. The first-order valence-electron chi connectivity index (χ1n) is 15.2. The number of carbonyl (C=O) groups is 2. The number of halogens is 8. The highest BCUT2D eigenvalue weighted by Crippen LogP contribution is 2.51. The average Bonchev–Trinajstić information content (AvgIpc) is 3.24. The van der Waals surface area contributed by atoms with Gasteiger partial charge in [0.2, 0.25) is 11.5 Å². The Hall–Kier alpha value is -2.61. The van der Waals surface area contributed by atoms with Gasteiger partial charge in [-0.3, -0.25) is 15.0 Å². The van der Waals surface area contributed by atoms with Gasteiger partial charge >= 0.3 is 18.3 Å². The number of aromatic nitrogens is 2. The van der Waals surface area contributed by atoms with Crippen LogP contribution in [0, 0.1) is 46.8 Å². The zero-order chi connectivity index (χ0) is 32.6. The minimum atomic E-state index is -4.79. The summed E-state index contributed by atoms with van der Waals surface area (Å²) in [7, 11) is 1.62. The third-order valence-electron chi connectivity index (χ3n) is 10.1. The highest BCUT2D eigenvalue weighted by atomic mass is 19.4. The van der Waals surface area contributed by atoms with Crippen LogP contribution >= 0.6 is 0 Å². The van der Waals surface area contributed by atoms with E-state index < -0.39 is 103 Å². The van der Waals surface area contributed by atoms with Crippen LogP contribution < -0.4 is 10.9 Å². The molecule has 0 bridgehead atoms. The lowest BCUT2D eigenvalue weighted by Gasteiger charge is -2.46. The molecule has 3 saturated carbocycles. The molecule has 250 valence electrons. The number of nitrogens with one attached hydrogen (secondary N) is 2. The van der Waals surface area contributed by atoms with Gasteiger partial charge in [-0.1, -0.05) is 6.42 Å². The average molecular weight is 645 g/mol. The van der Waals surface area contributed by atoms with Crippen molar-refractivity contribution in [2.24, 2.45) is 48.5 Å². The molecule has 4 rings (SSSR count). The molecule has 3 fully saturated rings. The Bertz CT molecular complexity index is 1210. The number of carboxylic acids is 1. The fourth-order valence-electron chi connectivity index (χ4n) is 7.90. The maximum absolute atomic E-state index is 16.3.